The molecule has 0 atom stereocenters. The molecule has 0 unspecified atom stereocenters. The molecule has 0 aliphatic carbocycles. The van der Waals surface area contributed by atoms with Crippen LogP contribution in [0.2, 0.25) is 0 Å². The molecule has 1 amide bonds. The molecule has 0 aromatic heterocycles. The molecule has 6 nitrogen and oxygen atoms in total. The Morgan fingerprint density at radius 3 is 2.25 bits per heavy atom. The SMILES string of the molecule is COC(=O)N(CCc1ccc([N+](=O)[O-])cc1)C(C)(C)C. The second-order valence-electron chi connectivity index (χ2n) is 5.47. The third-order valence-corrected chi connectivity index (χ3v) is 2.98. The van der Waals surface area contributed by atoms with Gasteiger partial charge in [-0.15, -0.1) is 0 Å². The molecule has 0 fully saturated rings. The summed E-state index contributed by atoms with van der Waals surface area (Å²) >= 11 is 0. The van der Waals surface area contributed by atoms with Crippen molar-refractivity contribution in [3.8, 4) is 0 Å². The first kappa shape index (κ1) is 15.9. The van der Waals surface area contributed by atoms with E-state index in [1.54, 1.807) is 17.0 Å². The van der Waals surface area contributed by atoms with Crippen molar-refractivity contribution in [3.63, 3.8) is 0 Å². The van der Waals surface area contributed by atoms with Crippen molar-refractivity contribution in [3.05, 3.63) is 39.9 Å². The van der Waals surface area contributed by atoms with Crippen molar-refractivity contribution < 1.29 is 14.5 Å². The molecule has 20 heavy (non-hydrogen) atoms. The minimum atomic E-state index is -0.431. The highest BCUT2D eigenvalue weighted by atomic mass is 16.6. The summed E-state index contributed by atoms with van der Waals surface area (Å²) in [6, 6.07) is 6.34. The lowest BCUT2D eigenvalue weighted by atomic mass is 10.0. The summed E-state index contributed by atoms with van der Waals surface area (Å²) in [5.41, 5.74) is 0.664. The largest absolute Gasteiger partial charge is 0.453 e. The van der Waals surface area contributed by atoms with Crippen molar-refractivity contribution in [2.24, 2.45) is 0 Å². The van der Waals surface area contributed by atoms with Gasteiger partial charge in [-0.1, -0.05) is 12.1 Å². The maximum absolute atomic E-state index is 11.7. The number of nitro groups is 1. The molecule has 0 N–H and O–H groups in total. The Morgan fingerprint density at radius 2 is 1.85 bits per heavy atom. The van der Waals surface area contributed by atoms with Crippen molar-refractivity contribution in [1.29, 1.82) is 0 Å². The topological polar surface area (TPSA) is 72.7 Å². The first-order valence-electron chi connectivity index (χ1n) is 6.34. The first-order valence-corrected chi connectivity index (χ1v) is 6.34. The molecule has 1 aromatic carbocycles. The van der Waals surface area contributed by atoms with Crippen LogP contribution < -0.4 is 0 Å². The molecule has 0 aliphatic heterocycles. The third kappa shape index (κ3) is 4.22. The average Bonchev–Trinajstić information content (AvgIpc) is 2.37. The fourth-order valence-electron chi connectivity index (χ4n) is 1.84. The number of non-ortho nitro benzene ring substituents is 1. The summed E-state index contributed by atoms with van der Waals surface area (Å²) in [6.07, 6.45) is 0.240. The summed E-state index contributed by atoms with van der Waals surface area (Å²) < 4.78 is 4.78. The van der Waals surface area contributed by atoms with E-state index in [0.29, 0.717) is 13.0 Å². The Labute approximate surface area is 118 Å². The van der Waals surface area contributed by atoms with Crippen LogP contribution in [0.3, 0.4) is 0 Å². The van der Waals surface area contributed by atoms with Crippen molar-refractivity contribution >= 4 is 11.8 Å². The fraction of sp³-hybridized carbons (Fsp3) is 0.500. The van der Waals surface area contributed by atoms with Gasteiger partial charge in [0.15, 0.2) is 0 Å². The molecule has 0 bridgehead atoms. The normalized spacial score (nSPS) is 11.0. The zero-order chi connectivity index (χ0) is 15.3. The Balaban J connectivity index is 2.72. The molecule has 0 aliphatic rings. The molecule has 0 heterocycles. The van der Waals surface area contributed by atoms with E-state index < -0.39 is 4.92 Å². The molecule has 1 aromatic rings. The van der Waals surface area contributed by atoms with Gasteiger partial charge in [-0.3, -0.25) is 10.1 Å². The Hall–Kier alpha value is -2.11. The highest BCUT2D eigenvalue weighted by molar-refractivity contribution is 5.68. The van der Waals surface area contributed by atoms with Gasteiger partial charge in [0.05, 0.1) is 12.0 Å². The number of carbonyl (C=O) groups excluding carboxylic acids is 1. The zero-order valence-corrected chi connectivity index (χ0v) is 12.3. The van der Waals surface area contributed by atoms with Gasteiger partial charge in [-0.2, -0.15) is 0 Å². The molecule has 0 spiro atoms. The van der Waals surface area contributed by atoms with Gasteiger partial charge in [0.1, 0.15) is 0 Å². The molecule has 1 rings (SSSR count). The third-order valence-electron chi connectivity index (χ3n) is 2.98. The van der Waals surface area contributed by atoms with Crippen molar-refractivity contribution in [1.82, 2.24) is 4.90 Å². The predicted molar refractivity (Wildman–Crippen MR) is 75.7 cm³/mol. The molecule has 0 radical (unpaired) electrons. The predicted octanol–water partition coefficient (Wildman–Crippen LogP) is 3.00. The standard InChI is InChI=1S/C14H20N2O4/c1-14(2,3)15(13(17)20-4)10-9-11-5-7-12(8-6-11)16(18)19/h5-8H,9-10H2,1-4H3. The quantitative estimate of drug-likeness (QED) is 0.627. The Kier molecular flexibility index (Phi) is 5.07. The van der Waals surface area contributed by atoms with Gasteiger partial charge < -0.3 is 9.64 Å². The molecule has 0 saturated carbocycles. The van der Waals surface area contributed by atoms with Crippen LogP contribution in [0.25, 0.3) is 0 Å². The smallest absolute Gasteiger partial charge is 0.409 e. The number of carbonyl (C=O) groups is 1. The monoisotopic (exact) mass is 280 g/mol. The fourth-order valence-corrected chi connectivity index (χ4v) is 1.84. The summed E-state index contributed by atoms with van der Waals surface area (Å²) in [4.78, 5) is 23.5. The van der Waals surface area contributed by atoms with Gasteiger partial charge in [-0.25, -0.2) is 4.79 Å². The van der Waals surface area contributed by atoms with Gasteiger partial charge in [-0.05, 0) is 32.8 Å². The Morgan fingerprint density at radius 1 is 1.30 bits per heavy atom. The van der Waals surface area contributed by atoms with Crippen LogP contribution in [0, 0.1) is 10.1 Å². The number of ether oxygens (including phenoxy) is 1. The lowest BCUT2D eigenvalue weighted by Crippen LogP contribution is -2.46. The number of hydrogen-bond donors (Lipinski definition) is 0. The van der Waals surface area contributed by atoms with Crippen molar-refractivity contribution in [2.45, 2.75) is 32.7 Å². The maximum Gasteiger partial charge on any atom is 0.409 e. The number of hydrogen-bond acceptors (Lipinski definition) is 4. The number of amides is 1. The molecular formula is C14H20N2O4. The van der Waals surface area contributed by atoms with E-state index in [2.05, 4.69) is 0 Å². The van der Waals surface area contributed by atoms with E-state index in [1.165, 1.54) is 19.2 Å². The van der Waals surface area contributed by atoms with E-state index in [1.807, 2.05) is 20.8 Å². The van der Waals surface area contributed by atoms with Gasteiger partial charge in [0.25, 0.3) is 5.69 Å². The second-order valence-corrected chi connectivity index (χ2v) is 5.47. The highest BCUT2D eigenvalue weighted by Gasteiger charge is 2.26. The number of nitrogens with zero attached hydrogens (tertiary/aromatic N) is 2. The van der Waals surface area contributed by atoms with Crippen LogP contribution in [0.1, 0.15) is 26.3 Å². The summed E-state index contributed by atoms with van der Waals surface area (Å²) in [7, 11) is 1.35. The summed E-state index contributed by atoms with van der Waals surface area (Å²) in [5, 5.41) is 10.6. The second kappa shape index (κ2) is 6.36. The van der Waals surface area contributed by atoms with E-state index >= 15 is 0 Å². The lowest BCUT2D eigenvalue weighted by Gasteiger charge is -2.34. The average molecular weight is 280 g/mol. The molecule has 6 heteroatoms. The van der Waals surface area contributed by atoms with Crippen LogP contribution in [0.5, 0.6) is 0 Å². The van der Waals surface area contributed by atoms with Crippen LogP contribution in [0.15, 0.2) is 24.3 Å². The first-order chi connectivity index (χ1) is 9.25. The van der Waals surface area contributed by atoms with Crippen molar-refractivity contribution in [2.75, 3.05) is 13.7 Å². The van der Waals surface area contributed by atoms with Crippen LogP contribution in [-0.4, -0.2) is 35.1 Å². The lowest BCUT2D eigenvalue weighted by molar-refractivity contribution is -0.384. The van der Waals surface area contributed by atoms with E-state index in [0.717, 1.165) is 5.56 Å². The minimum absolute atomic E-state index is 0.0643. The highest BCUT2D eigenvalue weighted by Crippen LogP contribution is 2.17. The van der Waals surface area contributed by atoms with Gasteiger partial charge >= 0.3 is 6.09 Å². The maximum atomic E-state index is 11.7. The summed E-state index contributed by atoms with van der Waals surface area (Å²) in [5.74, 6) is 0. The van der Waals surface area contributed by atoms with Crippen LogP contribution in [0.4, 0.5) is 10.5 Å². The van der Waals surface area contributed by atoms with Crippen LogP contribution in [-0.2, 0) is 11.2 Å². The number of benzene rings is 1. The Bertz CT molecular complexity index is 477. The summed E-state index contributed by atoms with van der Waals surface area (Å²) in [6.45, 7) is 6.28. The van der Waals surface area contributed by atoms with E-state index in [9.17, 15) is 14.9 Å². The number of nitro benzene ring substituents is 1. The molecule has 0 saturated heterocycles. The zero-order valence-electron chi connectivity index (χ0n) is 12.3. The van der Waals surface area contributed by atoms with E-state index in [4.69, 9.17) is 4.74 Å². The van der Waals surface area contributed by atoms with Crippen LogP contribution >= 0.6 is 0 Å². The van der Waals surface area contributed by atoms with E-state index in [-0.39, 0.29) is 17.3 Å². The van der Waals surface area contributed by atoms with Gasteiger partial charge in [0, 0.05) is 24.2 Å². The molecular weight excluding hydrogens is 260 g/mol. The number of methoxy groups -OCH3 is 1. The van der Waals surface area contributed by atoms with Gasteiger partial charge in [0.2, 0.25) is 0 Å². The molecule has 110 valence electrons. The number of rotatable bonds is 4. The minimum Gasteiger partial charge on any atom is -0.453 e.